The molecule has 1 aromatic heterocycles. The molecule has 0 spiro atoms. The number of halogens is 1. The highest BCUT2D eigenvalue weighted by Crippen LogP contribution is 2.35. The fourth-order valence-corrected chi connectivity index (χ4v) is 5.52. The van der Waals surface area contributed by atoms with Gasteiger partial charge in [-0.1, -0.05) is 58.5 Å². The molecule has 0 bridgehead atoms. The van der Waals surface area contributed by atoms with Gasteiger partial charge in [0.1, 0.15) is 0 Å². The summed E-state index contributed by atoms with van der Waals surface area (Å²) < 4.78 is 0.985. The lowest BCUT2D eigenvalue weighted by Crippen LogP contribution is -2.60. The summed E-state index contributed by atoms with van der Waals surface area (Å²) in [6.45, 7) is 11.3. The van der Waals surface area contributed by atoms with Crippen molar-refractivity contribution in [2.45, 2.75) is 59.5 Å². The van der Waals surface area contributed by atoms with Crippen molar-refractivity contribution in [1.82, 2.24) is 20.1 Å². The first-order valence-electron chi connectivity index (χ1n) is 12.2. The normalized spacial score (nSPS) is 21.1. The van der Waals surface area contributed by atoms with Gasteiger partial charge < -0.3 is 10.2 Å². The Kier molecular flexibility index (Phi) is 9.30. The second-order valence-electron chi connectivity index (χ2n) is 10.6. The zero-order chi connectivity index (χ0) is 23.4. The van der Waals surface area contributed by atoms with E-state index in [1.54, 1.807) is 0 Å². The number of pyridine rings is 1. The van der Waals surface area contributed by atoms with Crippen LogP contribution >= 0.6 is 15.9 Å². The SMILES string of the molecule is C.CC(C)(C)[C@H]1CN(C(c2ccccc2)c2ccc(Br)cn2)CCN1C(=O)CC1CCNCC1. The Balaban J connectivity index is 0.00000324. The zero-order valence-electron chi connectivity index (χ0n) is 20.1. The Morgan fingerprint density at radius 1 is 1.12 bits per heavy atom. The van der Waals surface area contributed by atoms with Crippen LogP contribution in [0.2, 0.25) is 0 Å². The number of aromatic nitrogens is 1. The van der Waals surface area contributed by atoms with Crippen molar-refractivity contribution < 1.29 is 4.79 Å². The third-order valence-corrected chi connectivity index (χ3v) is 7.63. The molecule has 1 aromatic carbocycles. The molecule has 5 nitrogen and oxygen atoms in total. The van der Waals surface area contributed by atoms with Crippen LogP contribution in [0.15, 0.2) is 53.1 Å². The van der Waals surface area contributed by atoms with Gasteiger partial charge in [0.25, 0.3) is 0 Å². The first kappa shape index (κ1) is 26.8. The summed E-state index contributed by atoms with van der Waals surface area (Å²) >= 11 is 3.52. The maximum Gasteiger partial charge on any atom is 0.223 e. The van der Waals surface area contributed by atoms with Crippen molar-refractivity contribution in [2.24, 2.45) is 11.3 Å². The number of nitrogens with one attached hydrogen (secondary N) is 1. The number of piperidine rings is 1. The van der Waals surface area contributed by atoms with Crippen LogP contribution in [0.4, 0.5) is 0 Å². The van der Waals surface area contributed by atoms with E-state index < -0.39 is 0 Å². The van der Waals surface area contributed by atoms with Crippen molar-refractivity contribution >= 4 is 21.8 Å². The number of carbonyl (C=O) groups excluding carboxylic acids is 1. The minimum absolute atomic E-state index is 0. The van der Waals surface area contributed by atoms with E-state index in [9.17, 15) is 4.79 Å². The quantitative estimate of drug-likeness (QED) is 0.555. The Hall–Kier alpha value is -1.76. The van der Waals surface area contributed by atoms with E-state index in [2.05, 4.69) is 94.3 Å². The lowest BCUT2D eigenvalue weighted by atomic mass is 9.82. The van der Waals surface area contributed by atoms with Crippen molar-refractivity contribution in [3.05, 3.63) is 64.4 Å². The van der Waals surface area contributed by atoms with Gasteiger partial charge in [0.2, 0.25) is 5.91 Å². The molecule has 186 valence electrons. The van der Waals surface area contributed by atoms with E-state index in [0.717, 1.165) is 55.7 Å². The van der Waals surface area contributed by atoms with Crippen LogP contribution in [0.1, 0.15) is 64.8 Å². The molecule has 6 heteroatoms. The summed E-state index contributed by atoms with van der Waals surface area (Å²) in [6, 6.07) is 15.1. The molecule has 34 heavy (non-hydrogen) atoms. The highest BCUT2D eigenvalue weighted by molar-refractivity contribution is 9.10. The van der Waals surface area contributed by atoms with Gasteiger partial charge in [-0.05, 0) is 70.9 Å². The van der Waals surface area contributed by atoms with Gasteiger partial charge in [0.15, 0.2) is 0 Å². The summed E-state index contributed by atoms with van der Waals surface area (Å²) in [5, 5.41) is 3.41. The van der Waals surface area contributed by atoms with E-state index in [1.807, 2.05) is 6.20 Å². The first-order valence-corrected chi connectivity index (χ1v) is 13.0. The zero-order valence-corrected chi connectivity index (χ0v) is 21.7. The molecular formula is C28H41BrN4O. The van der Waals surface area contributed by atoms with E-state index in [-0.39, 0.29) is 24.9 Å². The molecule has 0 radical (unpaired) electrons. The van der Waals surface area contributed by atoms with Gasteiger partial charge in [-0.15, -0.1) is 0 Å². The molecule has 2 aliphatic rings. The Morgan fingerprint density at radius 3 is 2.44 bits per heavy atom. The maximum absolute atomic E-state index is 13.4. The molecule has 1 N–H and O–H groups in total. The minimum atomic E-state index is -0.00314. The molecule has 0 saturated carbocycles. The smallest absolute Gasteiger partial charge is 0.223 e. The second kappa shape index (κ2) is 11.8. The topological polar surface area (TPSA) is 48.5 Å². The Labute approximate surface area is 214 Å². The van der Waals surface area contributed by atoms with Crippen LogP contribution in [0.3, 0.4) is 0 Å². The molecule has 0 aliphatic carbocycles. The Morgan fingerprint density at radius 2 is 1.82 bits per heavy atom. The molecule has 2 fully saturated rings. The van der Waals surface area contributed by atoms with Gasteiger partial charge in [-0.2, -0.15) is 0 Å². The number of hydrogen-bond donors (Lipinski definition) is 1. The Bertz CT molecular complexity index is 906. The number of amides is 1. The standard InChI is InChI=1S/C27H37BrN4O.CH4/c1-27(2,3)24-19-31(15-16-32(24)25(33)17-20-11-13-29-14-12-20)26(21-7-5-4-6-8-21)23-10-9-22(28)18-30-23;/h4-10,18,20,24,26,29H,11-17,19H2,1-3H3;1H4/t24-,26?;/m1./s1. The maximum atomic E-state index is 13.4. The predicted octanol–water partition coefficient (Wildman–Crippen LogP) is 5.52. The van der Waals surface area contributed by atoms with Crippen LogP contribution in [-0.2, 0) is 4.79 Å². The molecule has 2 aliphatic heterocycles. The van der Waals surface area contributed by atoms with Crippen molar-refractivity contribution in [2.75, 3.05) is 32.7 Å². The summed E-state index contributed by atoms with van der Waals surface area (Å²) in [7, 11) is 0. The summed E-state index contributed by atoms with van der Waals surface area (Å²) in [6.07, 6.45) is 4.78. The third kappa shape index (κ3) is 6.46. The largest absolute Gasteiger partial charge is 0.337 e. The van der Waals surface area contributed by atoms with Gasteiger partial charge in [0, 0.05) is 42.8 Å². The summed E-state index contributed by atoms with van der Waals surface area (Å²) in [5.74, 6) is 0.848. The molecule has 1 amide bonds. The molecular weight excluding hydrogens is 488 g/mol. The molecule has 2 atom stereocenters. The van der Waals surface area contributed by atoms with Crippen LogP contribution in [0, 0.1) is 11.3 Å². The summed E-state index contributed by atoms with van der Waals surface area (Å²) in [4.78, 5) is 22.9. The number of hydrogen-bond acceptors (Lipinski definition) is 4. The van der Waals surface area contributed by atoms with Crippen LogP contribution in [0.5, 0.6) is 0 Å². The van der Waals surface area contributed by atoms with Crippen molar-refractivity contribution in [1.29, 1.82) is 0 Å². The lowest BCUT2D eigenvalue weighted by Gasteiger charge is -2.49. The van der Waals surface area contributed by atoms with Crippen LogP contribution in [0.25, 0.3) is 0 Å². The van der Waals surface area contributed by atoms with Gasteiger partial charge in [-0.3, -0.25) is 14.7 Å². The van der Waals surface area contributed by atoms with Gasteiger partial charge >= 0.3 is 0 Å². The average Bonchev–Trinajstić information content (AvgIpc) is 2.81. The highest BCUT2D eigenvalue weighted by Gasteiger charge is 2.40. The monoisotopic (exact) mass is 528 g/mol. The fraction of sp³-hybridized carbons (Fsp3) is 0.571. The molecule has 4 rings (SSSR count). The first-order chi connectivity index (χ1) is 15.8. The van der Waals surface area contributed by atoms with E-state index in [1.165, 1.54) is 5.56 Å². The molecule has 3 heterocycles. The molecule has 2 aromatic rings. The van der Waals surface area contributed by atoms with E-state index in [4.69, 9.17) is 4.98 Å². The van der Waals surface area contributed by atoms with Gasteiger partial charge in [0.05, 0.1) is 11.7 Å². The van der Waals surface area contributed by atoms with Gasteiger partial charge in [-0.25, -0.2) is 0 Å². The predicted molar refractivity (Wildman–Crippen MR) is 144 cm³/mol. The number of nitrogens with zero attached hydrogens (tertiary/aromatic N) is 3. The number of piperazine rings is 1. The van der Waals surface area contributed by atoms with Crippen LogP contribution in [-0.4, -0.2) is 59.5 Å². The lowest BCUT2D eigenvalue weighted by molar-refractivity contribution is -0.141. The van der Waals surface area contributed by atoms with Crippen molar-refractivity contribution in [3.63, 3.8) is 0 Å². The van der Waals surface area contributed by atoms with E-state index in [0.29, 0.717) is 18.2 Å². The number of carbonyl (C=O) groups is 1. The molecule has 2 saturated heterocycles. The average molecular weight is 530 g/mol. The number of benzene rings is 1. The second-order valence-corrected chi connectivity index (χ2v) is 11.5. The fourth-order valence-electron chi connectivity index (χ4n) is 5.28. The highest BCUT2D eigenvalue weighted by atomic mass is 79.9. The minimum Gasteiger partial charge on any atom is -0.337 e. The van der Waals surface area contributed by atoms with E-state index >= 15 is 0 Å². The van der Waals surface area contributed by atoms with Crippen molar-refractivity contribution in [3.8, 4) is 0 Å². The molecule has 1 unspecified atom stereocenters. The third-order valence-electron chi connectivity index (χ3n) is 7.16. The summed E-state index contributed by atoms with van der Waals surface area (Å²) in [5.41, 5.74) is 2.29. The van der Waals surface area contributed by atoms with Crippen LogP contribution < -0.4 is 5.32 Å². The number of rotatable bonds is 5.